The van der Waals surface area contributed by atoms with Crippen molar-refractivity contribution in [1.82, 2.24) is 0 Å². The molecular formula is C17H20O6. The molecule has 0 aromatic heterocycles. The molecule has 23 heavy (non-hydrogen) atoms. The van der Waals surface area contributed by atoms with E-state index in [1.807, 2.05) is 0 Å². The summed E-state index contributed by atoms with van der Waals surface area (Å²) in [6.07, 6.45) is 1.67. The number of rotatable bonds is 9. The van der Waals surface area contributed by atoms with Gasteiger partial charge in [-0.15, -0.1) is 0 Å². The lowest BCUT2D eigenvalue weighted by atomic mass is 10.0. The summed E-state index contributed by atoms with van der Waals surface area (Å²) in [5.41, 5.74) is 0.188. The SMILES string of the molecule is CCOC(=O)C(=O)CC(=O)c1c(OC)cccc1OCC1CC1. The van der Waals surface area contributed by atoms with E-state index < -0.39 is 24.0 Å². The maximum absolute atomic E-state index is 12.4. The molecule has 1 aromatic carbocycles. The maximum atomic E-state index is 12.4. The van der Waals surface area contributed by atoms with Gasteiger partial charge in [0.15, 0.2) is 5.78 Å². The zero-order chi connectivity index (χ0) is 16.8. The van der Waals surface area contributed by atoms with Crippen LogP contribution in [0.1, 0.15) is 36.5 Å². The summed E-state index contributed by atoms with van der Waals surface area (Å²) in [5, 5.41) is 0. The Kier molecular flexibility index (Phi) is 5.73. The van der Waals surface area contributed by atoms with Gasteiger partial charge in [-0.3, -0.25) is 9.59 Å². The molecule has 0 saturated heterocycles. The predicted molar refractivity (Wildman–Crippen MR) is 81.8 cm³/mol. The van der Waals surface area contributed by atoms with Crippen LogP contribution in [0, 0.1) is 5.92 Å². The number of benzene rings is 1. The number of hydrogen-bond donors (Lipinski definition) is 0. The largest absolute Gasteiger partial charge is 0.496 e. The molecule has 2 rings (SSSR count). The quantitative estimate of drug-likeness (QED) is 0.300. The first kappa shape index (κ1) is 17.0. The molecule has 6 heteroatoms. The van der Waals surface area contributed by atoms with Crippen molar-refractivity contribution in [3.8, 4) is 11.5 Å². The van der Waals surface area contributed by atoms with Crippen molar-refractivity contribution in [1.29, 1.82) is 0 Å². The van der Waals surface area contributed by atoms with Crippen LogP contribution in [0.15, 0.2) is 18.2 Å². The Morgan fingerprint density at radius 1 is 1.17 bits per heavy atom. The molecule has 0 aliphatic heterocycles. The van der Waals surface area contributed by atoms with Gasteiger partial charge in [0.25, 0.3) is 0 Å². The molecule has 0 radical (unpaired) electrons. The van der Waals surface area contributed by atoms with Gasteiger partial charge in [0.2, 0.25) is 5.78 Å². The summed E-state index contributed by atoms with van der Waals surface area (Å²) in [7, 11) is 1.43. The zero-order valence-corrected chi connectivity index (χ0v) is 13.3. The molecule has 1 aromatic rings. The van der Waals surface area contributed by atoms with E-state index in [2.05, 4.69) is 4.74 Å². The van der Waals surface area contributed by atoms with Crippen molar-refractivity contribution in [3.05, 3.63) is 23.8 Å². The predicted octanol–water partition coefficient (Wildman–Crippen LogP) is 2.19. The van der Waals surface area contributed by atoms with Crippen molar-refractivity contribution in [2.24, 2.45) is 5.92 Å². The first-order valence-electron chi connectivity index (χ1n) is 7.59. The Hall–Kier alpha value is -2.37. The zero-order valence-electron chi connectivity index (χ0n) is 13.3. The molecular weight excluding hydrogens is 300 g/mol. The molecule has 0 unspecified atom stereocenters. The van der Waals surface area contributed by atoms with Gasteiger partial charge in [-0.25, -0.2) is 4.79 Å². The summed E-state index contributed by atoms with van der Waals surface area (Å²) in [6, 6.07) is 4.99. The third-order valence-corrected chi connectivity index (χ3v) is 3.48. The Morgan fingerprint density at radius 3 is 2.48 bits per heavy atom. The van der Waals surface area contributed by atoms with E-state index in [1.54, 1.807) is 25.1 Å². The van der Waals surface area contributed by atoms with Gasteiger partial charge in [-0.2, -0.15) is 0 Å². The van der Waals surface area contributed by atoms with Crippen LogP contribution in [0.25, 0.3) is 0 Å². The van der Waals surface area contributed by atoms with Crippen LogP contribution in [0.4, 0.5) is 0 Å². The first-order chi connectivity index (χ1) is 11.1. The van der Waals surface area contributed by atoms with E-state index >= 15 is 0 Å². The minimum Gasteiger partial charge on any atom is -0.496 e. The van der Waals surface area contributed by atoms with Crippen molar-refractivity contribution >= 4 is 17.5 Å². The van der Waals surface area contributed by atoms with E-state index in [0.717, 1.165) is 12.8 Å². The standard InChI is InChI=1S/C17H20O6/c1-3-22-17(20)13(19)9-12(18)16-14(21-2)5-4-6-15(16)23-10-11-7-8-11/h4-6,11H,3,7-10H2,1-2H3. The number of esters is 1. The summed E-state index contributed by atoms with van der Waals surface area (Å²) >= 11 is 0. The van der Waals surface area contributed by atoms with Crippen LogP contribution in [0.2, 0.25) is 0 Å². The Labute approximate surface area is 134 Å². The number of methoxy groups -OCH3 is 1. The molecule has 0 heterocycles. The van der Waals surface area contributed by atoms with E-state index in [4.69, 9.17) is 9.47 Å². The molecule has 1 aliphatic carbocycles. The molecule has 0 atom stereocenters. The molecule has 0 N–H and O–H groups in total. The monoisotopic (exact) mass is 320 g/mol. The normalized spacial score (nSPS) is 13.3. The van der Waals surface area contributed by atoms with Gasteiger partial charge in [0.05, 0.1) is 26.7 Å². The van der Waals surface area contributed by atoms with Crippen LogP contribution in [-0.4, -0.2) is 37.9 Å². The number of ether oxygens (including phenoxy) is 3. The molecule has 0 bridgehead atoms. The van der Waals surface area contributed by atoms with Crippen molar-refractivity contribution in [2.45, 2.75) is 26.2 Å². The highest BCUT2D eigenvalue weighted by atomic mass is 16.5. The molecule has 124 valence electrons. The first-order valence-corrected chi connectivity index (χ1v) is 7.59. The fourth-order valence-corrected chi connectivity index (χ4v) is 2.09. The Bertz CT molecular complexity index is 603. The van der Waals surface area contributed by atoms with Crippen LogP contribution >= 0.6 is 0 Å². The van der Waals surface area contributed by atoms with E-state index in [-0.39, 0.29) is 12.2 Å². The molecule has 0 amide bonds. The fraction of sp³-hybridized carbons (Fsp3) is 0.471. The second kappa shape index (κ2) is 7.76. The van der Waals surface area contributed by atoms with Gasteiger partial charge in [0, 0.05) is 0 Å². The number of carbonyl (C=O) groups excluding carboxylic acids is 3. The lowest BCUT2D eigenvalue weighted by Crippen LogP contribution is -2.21. The van der Waals surface area contributed by atoms with Crippen LogP contribution in [0.5, 0.6) is 11.5 Å². The van der Waals surface area contributed by atoms with Crippen LogP contribution in [-0.2, 0) is 14.3 Å². The lowest BCUT2D eigenvalue weighted by molar-refractivity contribution is -0.153. The third-order valence-electron chi connectivity index (χ3n) is 3.48. The van der Waals surface area contributed by atoms with Crippen LogP contribution < -0.4 is 9.47 Å². The third kappa shape index (κ3) is 4.55. The summed E-state index contributed by atoms with van der Waals surface area (Å²) in [6.45, 7) is 2.21. The second-order valence-electron chi connectivity index (χ2n) is 5.33. The average molecular weight is 320 g/mol. The summed E-state index contributed by atoms with van der Waals surface area (Å²) in [4.78, 5) is 35.5. The maximum Gasteiger partial charge on any atom is 0.375 e. The molecule has 1 fully saturated rings. The highest BCUT2D eigenvalue weighted by Crippen LogP contribution is 2.33. The highest BCUT2D eigenvalue weighted by molar-refractivity contribution is 6.38. The lowest BCUT2D eigenvalue weighted by Gasteiger charge is -2.13. The van der Waals surface area contributed by atoms with E-state index in [9.17, 15) is 14.4 Å². The van der Waals surface area contributed by atoms with Gasteiger partial charge in [-0.1, -0.05) is 6.07 Å². The molecule has 1 aliphatic rings. The average Bonchev–Trinajstić information content (AvgIpc) is 3.36. The minimum absolute atomic E-state index is 0.0865. The molecule has 6 nitrogen and oxygen atoms in total. The Morgan fingerprint density at radius 2 is 1.87 bits per heavy atom. The van der Waals surface area contributed by atoms with Crippen molar-refractivity contribution in [3.63, 3.8) is 0 Å². The Balaban J connectivity index is 2.15. The fourth-order valence-electron chi connectivity index (χ4n) is 2.09. The van der Waals surface area contributed by atoms with Gasteiger partial charge in [-0.05, 0) is 37.8 Å². The highest BCUT2D eigenvalue weighted by Gasteiger charge is 2.27. The summed E-state index contributed by atoms with van der Waals surface area (Å²) in [5.74, 6) is -1.19. The van der Waals surface area contributed by atoms with Crippen molar-refractivity contribution in [2.75, 3.05) is 20.3 Å². The number of ketones is 2. The topological polar surface area (TPSA) is 78.9 Å². The van der Waals surface area contributed by atoms with Gasteiger partial charge in [0.1, 0.15) is 17.1 Å². The van der Waals surface area contributed by atoms with Crippen LogP contribution in [0.3, 0.4) is 0 Å². The summed E-state index contributed by atoms with van der Waals surface area (Å²) < 4.78 is 15.5. The minimum atomic E-state index is -1.00. The van der Waals surface area contributed by atoms with E-state index in [1.165, 1.54) is 7.11 Å². The van der Waals surface area contributed by atoms with Crippen molar-refractivity contribution < 1.29 is 28.6 Å². The molecule has 1 saturated carbocycles. The number of carbonyl (C=O) groups is 3. The second-order valence-corrected chi connectivity index (χ2v) is 5.33. The number of hydrogen-bond acceptors (Lipinski definition) is 6. The van der Waals surface area contributed by atoms with E-state index in [0.29, 0.717) is 24.0 Å². The molecule has 0 spiro atoms. The van der Waals surface area contributed by atoms with Gasteiger partial charge >= 0.3 is 5.97 Å². The smallest absolute Gasteiger partial charge is 0.375 e. The van der Waals surface area contributed by atoms with Gasteiger partial charge < -0.3 is 14.2 Å². The number of Topliss-reactive ketones (excluding diaryl/α,β-unsaturated/α-hetero) is 2.